The summed E-state index contributed by atoms with van der Waals surface area (Å²) in [7, 11) is 1.49. The van der Waals surface area contributed by atoms with E-state index in [1.54, 1.807) is 42.5 Å². The molecule has 1 heterocycles. The van der Waals surface area contributed by atoms with Gasteiger partial charge in [-0.05, 0) is 66.6 Å². The maximum absolute atomic E-state index is 13.2. The predicted molar refractivity (Wildman–Crippen MR) is 130 cm³/mol. The zero-order valence-electron chi connectivity index (χ0n) is 19.0. The molecule has 36 heavy (non-hydrogen) atoms. The third-order valence-corrected chi connectivity index (χ3v) is 6.55. The molecule has 0 saturated carbocycles. The Hall–Kier alpha value is -3.79. The highest BCUT2D eigenvalue weighted by Gasteiger charge is 2.47. The molecule has 1 aliphatic heterocycles. The zero-order chi connectivity index (χ0) is 26.2. The predicted octanol–water partition coefficient (Wildman–Crippen LogP) is 6.29. The Balaban J connectivity index is 1.86. The number of aliphatic hydroxyl groups excluding tert-OH is 1. The molecule has 0 aromatic heterocycles. The van der Waals surface area contributed by atoms with Gasteiger partial charge in [0.25, 0.3) is 11.7 Å². The average molecular weight is 562 g/mol. The molecule has 1 fully saturated rings. The van der Waals surface area contributed by atoms with E-state index in [1.807, 2.05) is 6.92 Å². The van der Waals surface area contributed by atoms with E-state index in [4.69, 9.17) is 4.74 Å². The first-order valence-corrected chi connectivity index (χ1v) is 11.4. The van der Waals surface area contributed by atoms with Gasteiger partial charge in [0.1, 0.15) is 17.3 Å². The van der Waals surface area contributed by atoms with Crippen LogP contribution in [-0.2, 0) is 9.59 Å². The summed E-state index contributed by atoms with van der Waals surface area (Å²) >= 11 is 3.39. The number of alkyl halides is 3. The molecule has 3 aromatic carbocycles. The molecule has 1 N–H and O–H groups in total. The Labute approximate surface area is 212 Å². The number of carbonyl (C=O) groups is 2. The van der Waals surface area contributed by atoms with Gasteiger partial charge >= 0.3 is 6.36 Å². The highest BCUT2D eigenvalue weighted by molar-refractivity contribution is 9.10. The summed E-state index contributed by atoms with van der Waals surface area (Å²) in [4.78, 5) is 27.5. The van der Waals surface area contributed by atoms with Gasteiger partial charge in [0.15, 0.2) is 0 Å². The molecule has 1 amide bonds. The van der Waals surface area contributed by atoms with Crippen molar-refractivity contribution in [3.8, 4) is 11.5 Å². The first-order chi connectivity index (χ1) is 17.0. The summed E-state index contributed by atoms with van der Waals surface area (Å²) in [5.74, 6) is -2.17. The van der Waals surface area contributed by atoms with Crippen molar-refractivity contribution in [3.05, 3.63) is 93.5 Å². The van der Waals surface area contributed by atoms with E-state index >= 15 is 0 Å². The molecule has 186 valence electrons. The number of halogens is 4. The van der Waals surface area contributed by atoms with Crippen LogP contribution in [-0.4, -0.2) is 30.3 Å². The average Bonchev–Trinajstić information content (AvgIpc) is 3.10. The molecule has 1 atom stereocenters. The number of aliphatic hydroxyl groups is 1. The van der Waals surface area contributed by atoms with Crippen LogP contribution in [0.5, 0.6) is 11.5 Å². The van der Waals surface area contributed by atoms with Crippen molar-refractivity contribution in [2.45, 2.75) is 19.3 Å². The lowest BCUT2D eigenvalue weighted by atomic mass is 9.94. The minimum Gasteiger partial charge on any atom is -0.507 e. The maximum Gasteiger partial charge on any atom is 0.573 e. The Morgan fingerprint density at radius 1 is 0.972 bits per heavy atom. The van der Waals surface area contributed by atoms with Crippen LogP contribution >= 0.6 is 15.9 Å². The highest BCUT2D eigenvalue weighted by Crippen LogP contribution is 2.43. The fraction of sp³-hybridized carbons (Fsp3) is 0.154. The molecule has 6 nitrogen and oxygen atoms in total. The number of rotatable bonds is 5. The standard InChI is InChI=1S/C26H19BrF3NO5/c1-14-13-16(5-12-20(14)27)23(32)21-22(15-3-8-18(35-2)9-4-15)31(25(34)24(21)33)17-6-10-19(11-7-17)36-26(28,29)30/h3-13,22,32H,1-2H3/b23-21-. The third kappa shape index (κ3) is 4.94. The summed E-state index contributed by atoms with van der Waals surface area (Å²) in [6, 6.07) is 15.1. The number of carbonyl (C=O) groups excluding carboxylic acids is 2. The minimum absolute atomic E-state index is 0.150. The number of hydrogen-bond donors (Lipinski definition) is 1. The van der Waals surface area contributed by atoms with Crippen LogP contribution in [0.15, 0.2) is 76.8 Å². The molecule has 0 radical (unpaired) electrons. The van der Waals surface area contributed by atoms with Gasteiger partial charge in [0.05, 0.1) is 18.7 Å². The molecular formula is C26H19BrF3NO5. The summed E-state index contributed by atoms with van der Waals surface area (Å²) in [6.45, 7) is 1.81. The lowest BCUT2D eigenvalue weighted by Crippen LogP contribution is -2.29. The second-order valence-electron chi connectivity index (χ2n) is 7.95. The molecule has 4 rings (SSSR count). The lowest BCUT2D eigenvalue weighted by molar-refractivity contribution is -0.274. The van der Waals surface area contributed by atoms with Gasteiger partial charge in [-0.1, -0.05) is 34.1 Å². The number of ether oxygens (including phenoxy) is 2. The molecular weight excluding hydrogens is 543 g/mol. The van der Waals surface area contributed by atoms with Crippen molar-refractivity contribution in [3.63, 3.8) is 0 Å². The van der Waals surface area contributed by atoms with E-state index in [1.165, 1.54) is 19.2 Å². The van der Waals surface area contributed by atoms with Gasteiger partial charge in [0.2, 0.25) is 0 Å². The number of hydrogen-bond acceptors (Lipinski definition) is 5. The van der Waals surface area contributed by atoms with Crippen LogP contribution in [0.2, 0.25) is 0 Å². The van der Waals surface area contributed by atoms with Crippen molar-refractivity contribution in [1.82, 2.24) is 0 Å². The second kappa shape index (κ2) is 9.69. The maximum atomic E-state index is 13.2. The lowest BCUT2D eigenvalue weighted by Gasteiger charge is -2.26. The number of methoxy groups -OCH3 is 1. The molecule has 1 aliphatic rings. The molecule has 0 bridgehead atoms. The largest absolute Gasteiger partial charge is 0.573 e. The van der Waals surface area contributed by atoms with E-state index in [0.29, 0.717) is 16.9 Å². The topological polar surface area (TPSA) is 76.1 Å². The van der Waals surface area contributed by atoms with Crippen molar-refractivity contribution in [2.24, 2.45) is 0 Å². The zero-order valence-corrected chi connectivity index (χ0v) is 20.6. The van der Waals surface area contributed by atoms with E-state index in [-0.39, 0.29) is 17.0 Å². The molecule has 10 heteroatoms. The number of aryl methyl sites for hydroxylation is 1. The Morgan fingerprint density at radius 2 is 1.58 bits per heavy atom. The monoisotopic (exact) mass is 561 g/mol. The van der Waals surface area contributed by atoms with Crippen molar-refractivity contribution in [1.29, 1.82) is 0 Å². The van der Waals surface area contributed by atoms with Gasteiger partial charge in [-0.15, -0.1) is 13.2 Å². The van der Waals surface area contributed by atoms with Crippen LogP contribution in [0.4, 0.5) is 18.9 Å². The molecule has 3 aromatic rings. The van der Waals surface area contributed by atoms with Crippen molar-refractivity contribution in [2.75, 3.05) is 12.0 Å². The number of amides is 1. The molecule has 1 unspecified atom stereocenters. The molecule has 0 aliphatic carbocycles. The quantitative estimate of drug-likeness (QED) is 0.225. The van der Waals surface area contributed by atoms with Crippen LogP contribution in [0.25, 0.3) is 5.76 Å². The number of ketones is 1. The van der Waals surface area contributed by atoms with E-state index in [9.17, 15) is 27.9 Å². The fourth-order valence-electron chi connectivity index (χ4n) is 3.96. The Kier molecular flexibility index (Phi) is 6.81. The summed E-state index contributed by atoms with van der Waals surface area (Å²) < 4.78 is 47.6. The van der Waals surface area contributed by atoms with Crippen molar-refractivity contribution < 1.29 is 37.3 Å². The highest BCUT2D eigenvalue weighted by atomic mass is 79.9. The van der Waals surface area contributed by atoms with E-state index < -0.39 is 29.8 Å². The number of nitrogens with zero attached hydrogens (tertiary/aromatic N) is 1. The second-order valence-corrected chi connectivity index (χ2v) is 8.80. The summed E-state index contributed by atoms with van der Waals surface area (Å²) in [6.07, 6.45) is -4.88. The van der Waals surface area contributed by atoms with Crippen LogP contribution in [0.1, 0.15) is 22.7 Å². The fourth-order valence-corrected chi connectivity index (χ4v) is 4.20. The van der Waals surface area contributed by atoms with Crippen LogP contribution in [0, 0.1) is 6.92 Å². The Morgan fingerprint density at radius 3 is 2.14 bits per heavy atom. The van der Waals surface area contributed by atoms with Crippen molar-refractivity contribution >= 4 is 39.1 Å². The van der Waals surface area contributed by atoms with E-state index in [2.05, 4.69) is 20.7 Å². The number of anilines is 1. The van der Waals surface area contributed by atoms with Gasteiger partial charge < -0.3 is 14.6 Å². The normalized spacial score (nSPS) is 17.4. The molecule has 0 spiro atoms. The van der Waals surface area contributed by atoms with Gasteiger partial charge in [-0.3, -0.25) is 14.5 Å². The Bertz CT molecular complexity index is 1350. The summed E-state index contributed by atoms with van der Waals surface area (Å²) in [5.41, 5.74) is 1.62. The minimum atomic E-state index is -4.88. The smallest absolute Gasteiger partial charge is 0.507 e. The first kappa shape index (κ1) is 25.3. The van der Waals surface area contributed by atoms with Crippen LogP contribution < -0.4 is 14.4 Å². The van der Waals surface area contributed by atoms with Crippen LogP contribution in [0.3, 0.4) is 0 Å². The number of benzene rings is 3. The summed E-state index contributed by atoms with van der Waals surface area (Å²) in [5, 5.41) is 11.2. The van der Waals surface area contributed by atoms with Gasteiger partial charge in [0, 0.05) is 15.7 Å². The third-order valence-electron chi connectivity index (χ3n) is 5.66. The van der Waals surface area contributed by atoms with Gasteiger partial charge in [-0.2, -0.15) is 0 Å². The molecule has 1 saturated heterocycles. The van der Waals surface area contributed by atoms with E-state index in [0.717, 1.165) is 27.1 Å². The van der Waals surface area contributed by atoms with Gasteiger partial charge in [-0.25, -0.2) is 0 Å². The number of Topliss-reactive ketones (excluding diaryl/α,β-unsaturated/α-hetero) is 1. The SMILES string of the molecule is COc1ccc(C2/C(=C(/O)c3ccc(Br)c(C)c3)C(=O)C(=O)N2c2ccc(OC(F)(F)F)cc2)cc1. The first-order valence-electron chi connectivity index (χ1n) is 10.6.